The molecule has 1 saturated heterocycles. The lowest BCUT2D eigenvalue weighted by Gasteiger charge is -2.32. The molecule has 2 aliphatic rings. The Morgan fingerprint density at radius 2 is 1.52 bits per heavy atom. The van der Waals surface area contributed by atoms with Gasteiger partial charge >= 0.3 is 6.09 Å². The summed E-state index contributed by atoms with van der Waals surface area (Å²) in [6, 6.07) is 14.8. The number of aliphatic hydroxyl groups excluding tert-OH is 1. The molecule has 1 saturated carbocycles. The second-order valence-corrected chi connectivity index (χ2v) is 15.0. The molecule has 0 radical (unpaired) electrons. The maximum Gasteiger partial charge on any atom is 0.407 e. The number of aliphatic hydroxyl groups is 1. The van der Waals surface area contributed by atoms with Crippen LogP contribution in [0.2, 0.25) is 0 Å². The van der Waals surface area contributed by atoms with E-state index in [1.165, 1.54) is 4.90 Å². The molecule has 0 bridgehead atoms. The van der Waals surface area contributed by atoms with Gasteiger partial charge in [0.05, 0.1) is 18.6 Å². The Labute approximate surface area is 316 Å². The van der Waals surface area contributed by atoms with Gasteiger partial charge in [-0.15, -0.1) is 0 Å². The maximum absolute atomic E-state index is 13.7. The van der Waals surface area contributed by atoms with Gasteiger partial charge in [-0.2, -0.15) is 0 Å². The average Bonchev–Trinajstić information content (AvgIpc) is 3.63. The molecule has 54 heavy (non-hydrogen) atoms. The van der Waals surface area contributed by atoms with Gasteiger partial charge in [-0.3, -0.25) is 24.0 Å². The van der Waals surface area contributed by atoms with E-state index in [4.69, 9.17) is 15.2 Å². The van der Waals surface area contributed by atoms with Crippen molar-refractivity contribution in [2.75, 3.05) is 13.2 Å². The van der Waals surface area contributed by atoms with Gasteiger partial charge in [0.2, 0.25) is 23.6 Å². The Bertz CT molecular complexity index is 1580. The molecule has 7 N–H and O–H groups in total. The van der Waals surface area contributed by atoms with Gasteiger partial charge in [-0.25, -0.2) is 4.79 Å². The number of carbonyl (C=O) groups excluding carboxylic acids is 6. The molecule has 2 aromatic rings. The van der Waals surface area contributed by atoms with Gasteiger partial charge in [0.25, 0.3) is 5.91 Å². The van der Waals surface area contributed by atoms with Gasteiger partial charge in [0.1, 0.15) is 25.3 Å². The predicted octanol–water partition coefficient (Wildman–Crippen LogP) is 1.59. The van der Waals surface area contributed by atoms with E-state index in [2.05, 4.69) is 21.3 Å². The Morgan fingerprint density at radius 1 is 0.889 bits per heavy atom. The van der Waals surface area contributed by atoms with Crippen LogP contribution < -0.4 is 27.0 Å². The number of rotatable bonds is 16. The third-order valence-electron chi connectivity index (χ3n) is 9.31. The summed E-state index contributed by atoms with van der Waals surface area (Å²) in [5.41, 5.74) is 6.50. The molecule has 15 nitrogen and oxygen atoms in total. The van der Waals surface area contributed by atoms with Crippen molar-refractivity contribution in [1.29, 1.82) is 0 Å². The van der Waals surface area contributed by atoms with E-state index >= 15 is 0 Å². The van der Waals surface area contributed by atoms with Crippen molar-refractivity contribution < 1.29 is 43.3 Å². The number of ether oxygens (including phenoxy) is 2. The first kappa shape index (κ1) is 41.7. The van der Waals surface area contributed by atoms with Crippen LogP contribution in [-0.4, -0.2) is 101 Å². The fraction of sp³-hybridized carbons (Fsp3) is 0.538. The van der Waals surface area contributed by atoms with Crippen molar-refractivity contribution in [1.82, 2.24) is 26.2 Å². The molecule has 0 unspecified atom stereocenters. The Morgan fingerprint density at radius 3 is 2.13 bits per heavy atom. The molecule has 0 spiro atoms. The maximum atomic E-state index is 13.7. The highest BCUT2D eigenvalue weighted by Crippen LogP contribution is 2.23. The van der Waals surface area contributed by atoms with Gasteiger partial charge < -0.3 is 46.5 Å². The SMILES string of the molecule is CC(C)(C)NC(=O)[C@@H]1CCCN1C(=O)[C@@H](O)[C@H](Cc1ccccc1)NC(=O)[C@H](CC(N)=O)NC(=O)COC1CCC(NC(=O)OCc2ccccc2)CC1. The highest BCUT2D eigenvalue weighted by atomic mass is 16.5. The van der Waals surface area contributed by atoms with Crippen molar-refractivity contribution in [3.63, 3.8) is 0 Å². The lowest BCUT2D eigenvalue weighted by atomic mass is 9.93. The molecule has 4 atom stereocenters. The van der Waals surface area contributed by atoms with E-state index < -0.39 is 72.5 Å². The number of nitrogens with two attached hydrogens (primary N) is 1. The number of hydrogen-bond acceptors (Lipinski definition) is 9. The summed E-state index contributed by atoms with van der Waals surface area (Å²) in [4.78, 5) is 78.9. The van der Waals surface area contributed by atoms with Crippen LogP contribution in [-0.2, 0) is 46.5 Å². The van der Waals surface area contributed by atoms with Gasteiger partial charge in [-0.1, -0.05) is 60.7 Å². The van der Waals surface area contributed by atoms with Gasteiger partial charge in [0, 0.05) is 18.1 Å². The fourth-order valence-corrected chi connectivity index (χ4v) is 6.64. The number of likely N-dealkylation sites (tertiary alicyclic amines) is 1. The highest BCUT2D eigenvalue weighted by molar-refractivity contribution is 5.93. The molecule has 15 heteroatoms. The quantitative estimate of drug-likeness (QED) is 0.147. The third-order valence-corrected chi connectivity index (χ3v) is 9.31. The lowest BCUT2D eigenvalue weighted by molar-refractivity contribution is -0.147. The van der Waals surface area contributed by atoms with Crippen LogP contribution in [0.15, 0.2) is 60.7 Å². The summed E-state index contributed by atoms with van der Waals surface area (Å²) in [6.45, 7) is 5.52. The lowest BCUT2D eigenvalue weighted by Crippen LogP contribution is -2.59. The van der Waals surface area contributed by atoms with Crippen LogP contribution in [0.1, 0.15) is 76.8 Å². The summed E-state index contributed by atoms with van der Waals surface area (Å²) in [5, 5.41) is 22.3. The van der Waals surface area contributed by atoms with Crippen molar-refractivity contribution in [3.8, 4) is 0 Å². The molecule has 6 amide bonds. The van der Waals surface area contributed by atoms with E-state index in [-0.39, 0.29) is 37.6 Å². The summed E-state index contributed by atoms with van der Waals surface area (Å²) in [5.74, 6) is -3.41. The number of benzene rings is 2. The number of nitrogens with zero attached hydrogens (tertiary/aromatic N) is 1. The molecule has 1 heterocycles. The number of hydrogen-bond donors (Lipinski definition) is 6. The first-order valence-electron chi connectivity index (χ1n) is 18.5. The minimum atomic E-state index is -1.75. The van der Waals surface area contributed by atoms with E-state index in [1.807, 2.05) is 51.1 Å². The summed E-state index contributed by atoms with van der Waals surface area (Å²) < 4.78 is 11.1. The van der Waals surface area contributed by atoms with Crippen molar-refractivity contribution in [2.24, 2.45) is 5.73 Å². The van der Waals surface area contributed by atoms with Crippen LogP contribution in [0.25, 0.3) is 0 Å². The molecular formula is C39H54N6O9. The first-order valence-corrected chi connectivity index (χ1v) is 18.5. The van der Waals surface area contributed by atoms with Gasteiger partial charge in [-0.05, 0) is 76.8 Å². The van der Waals surface area contributed by atoms with Crippen LogP contribution in [0.5, 0.6) is 0 Å². The minimum absolute atomic E-state index is 0.0365. The van der Waals surface area contributed by atoms with Gasteiger partial charge in [0.15, 0.2) is 6.10 Å². The fourth-order valence-electron chi connectivity index (χ4n) is 6.64. The smallest absolute Gasteiger partial charge is 0.407 e. The first-order chi connectivity index (χ1) is 25.7. The number of amides is 6. The number of nitrogens with one attached hydrogen (secondary N) is 4. The minimum Gasteiger partial charge on any atom is -0.445 e. The van der Waals surface area contributed by atoms with E-state index in [9.17, 15) is 33.9 Å². The van der Waals surface area contributed by atoms with Crippen LogP contribution in [0, 0.1) is 0 Å². The topological polar surface area (TPSA) is 218 Å². The zero-order valence-corrected chi connectivity index (χ0v) is 31.3. The second-order valence-electron chi connectivity index (χ2n) is 15.0. The summed E-state index contributed by atoms with van der Waals surface area (Å²) in [6.07, 6.45) is 0.330. The van der Waals surface area contributed by atoms with Crippen molar-refractivity contribution in [3.05, 3.63) is 71.8 Å². The van der Waals surface area contributed by atoms with E-state index in [0.717, 1.165) is 5.56 Å². The van der Waals surface area contributed by atoms with E-state index in [1.54, 1.807) is 30.3 Å². The monoisotopic (exact) mass is 750 g/mol. The van der Waals surface area contributed by atoms with Crippen molar-refractivity contribution >= 4 is 35.6 Å². The predicted molar refractivity (Wildman–Crippen MR) is 198 cm³/mol. The molecular weight excluding hydrogens is 696 g/mol. The third kappa shape index (κ3) is 13.4. The zero-order valence-electron chi connectivity index (χ0n) is 31.3. The number of alkyl carbamates (subject to hydrolysis) is 1. The van der Waals surface area contributed by atoms with Crippen LogP contribution in [0.3, 0.4) is 0 Å². The largest absolute Gasteiger partial charge is 0.445 e. The van der Waals surface area contributed by atoms with Crippen LogP contribution in [0.4, 0.5) is 4.79 Å². The van der Waals surface area contributed by atoms with E-state index in [0.29, 0.717) is 44.1 Å². The summed E-state index contributed by atoms with van der Waals surface area (Å²) >= 11 is 0. The molecule has 4 rings (SSSR count). The van der Waals surface area contributed by atoms with Crippen LogP contribution >= 0.6 is 0 Å². The standard InChI is InChI=1S/C39H54N6O9/c1-39(2,3)44-36(50)31-15-10-20-45(31)37(51)34(48)29(21-25-11-6-4-7-12-25)43-35(49)30(22-32(40)46)42-33(47)24-53-28-18-16-27(17-19-28)41-38(52)54-23-26-13-8-5-9-14-26/h4-9,11-14,27-31,34,48H,10,15-24H2,1-3H3,(H2,40,46)(H,41,52)(H,42,47)(H,43,49)(H,44,50)/t27?,28?,29-,30-,31-,34-/m0/s1. The Balaban J connectivity index is 1.32. The molecule has 1 aliphatic carbocycles. The zero-order chi connectivity index (χ0) is 39.3. The molecule has 2 fully saturated rings. The molecule has 1 aliphatic heterocycles. The Hall–Kier alpha value is -5.02. The number of primary amides is 1. The molecule has 2 aromatic carbocycles. The average molecular weight is 751 g/mol. The number of carbonyl (C=O) groups is 6. The highest BCUT2D eigenvalue weighted by Gasteiger charge is 2.41. The second kappa shape index (κ2) is 19.9. The Kier molecular flexibility index (Phi) is 15.4. The normalized spacial score (nSPS) is 20.1. The molecule has 0 aromatic heterocycles. The summed E-state index contributed by atoms with van der Waals surface area (Å²) in [7, 11) is 0. The van der Waals surface area contributed by atoms with Crippen molar-refractivity contribution in [2.45, 2.75) is 121 Å². The molecule has 294 valence electrons.